The van der Waals surface area contributed by atoms with E-state index in [9.17, 15) is 5.11 Å². The lowest BCUT2D eigenvalue weighted by molar-refractivity contribution is 0.139. The number of aliphatic hydroxyl groups is 1. The second-order valence-electron chi connectivity index (χ2n) is 5.91. The fourth-order valence-electron chi connectivity index (χ4n) is 3.13. The Labute approximate surface area is 165 Å². The van der Waals surface area contributed by atoms with Crippen molar-refractivity contribution in [3.05, 3.63) is 59.1 Å². The summed E-state index contributed by atoms with van der Waals surface area (Å²) in [6.07, 6.45) is 0.762. The van der Waals surface area contributed by atoms with Gasteiger partial charge in [0.25, 0.3) is 0 Å². The van der Waals surface area contributed by atoms with Gasteiger partial charge in [-0.15, -0.1) is 12.4 Å². The molecule has 0 saturated carbocycles. The number of aliphatic hydroxyl groups excluding tert-OH is 1. The van der Waals surface area contributed by atoms with Crippen molar-refractivity contribution in [2.24, 2.45) is 0 Å². The van der Waals surface area contributed by atoms with E-state index in [0.717, 1.165) is 37.6 Å². The van der Waals surface area contributed by atoms with Gasteiger partial charge in [-0.1, -0.05) is 41.6 Å². The van der Waals surface area contributed by atoms with Crippen LogP contribution in [0.15, 0.2) is 58.3 Å². The molecule has 0 spiro atoms. The van der Waals surface area contributed by atoms with E-state index >= 15 is 0 Å². The minimum absolute atomic E-state index is 0. The summed E-state index contributed by atoms with van der Waals surface area (Å²) in [5.74, 6) is 0. The van der Waals surface area contributed by atoms with E-state index < -0.39 is 0 Å². The molecule has 6 heteroatoms. The minimum Gasteiger partial charge on any atom is -0.396 e. The summed E-state index contributed by atoms with van der Waals surface area (Å²) in [6.45, 7) is 4.26. The Morgan fingerprint density at radius 2 is 1.76 bits per heavy atom. The largest absolute Gasteiger partial charge is 0.396 e. The Hall–Kier alpha value is -0.750. The number of rotatable bonds is 6. The van der Waals surface area contributed by atoms with E-state index in [2.05, 4.69) is 46.6 Å². The molecule has 1 aliphatic heterocycles. The van der Waals surface area contributed by atoms with Crippen LogP contribution in [-0.4, -0.2) is 42.8 Å². The molecule has 0 radical (unpaired) electrons. The molecule has 3 nitrogen and oxygen atoms in total. The van der Waals surface area contributed by atoms with Crippen LogP contribution in [0.1, 0.15) is 18.0 Å². The molecule has 1 fully saturated rings. The fraction of sp³-hybridized carbons (Fsp3) is 0.368. The summed E-state index contributed by atoms with van der Waals surface area (Å²) in [6, 6.07) is 16.7. The van der Waals surface area contributed by atoms with Crippen LogP contribution in [0.5, 0.6) is 0 Å². The van der Waals surface area contributed by atoms with Crippen LogP contribution in [-0.2, 0) is 0 Å². The van der Waals surface area contributed by atoms with Crippen molar-refractivity contribution in [3.8, 4) is 0 Å². The first-order valence-corrected chi connectivity index (χ1v) is 9.55. The zero-order valence-corrected chi connectivity index (χ0v) is 16.4. The van der Waals surface area contributed by atoms with Crippen molar-refractivity contribution >= 4 is 35.8 Å². The molecule has 25 heavy (non-hydrogen) atoms. The van der Waals surface area contributed by atoms with Crippen LogP contribution in [0.2, 0.25) is 5.02 Å². The summed E-state index contributed by atoms with van der Waals surface area (Å²) in [5.41, 5.74) is 1.30. The van der Waals surface area contributed by atoms with Gasteiger partial charge in [0.1, 0.15) is 0 Å². The number of nitrogens with one attached hydrogen (secondary N) is 1. The van der Waals surface area contributed by atoms with E-state index in [-0.39, 0.29) is 25.1 Å². The van der Waals surface area contributed by atoms with Crippen LogP contribution in [0.4, 0.5) is 0 Å². The molecule has 3 rings (SSSR count). The lowest BCUT2D eigenvalue weighted by Crippen LogP contribution is -2.45. The van der Waals surface area contributed by atoms with Gasteiger partial charge in [0.15, 0.2) is 0 Å². The molecule has 0 unspecified atom stereocenters. The first kappa shape index (κ1) is 20.6. The molecule has 1 atom stereocenters. The number of nitrogens with zero attached hydrogens (tertiary/aromatic N) is 1. The summed E-state index contributed by atoms with van der Waals surface area (Å²) in [5, 5.41) is 13.7. The van der Waals surface area contributed by atoms with Gasteiger partial charge >= 0.3 is 0 Å². The average Bonchev–Trinajstić information content (AvgIpc) is 2.63. The highest BCUT2D eigenvalue weighted by Gasteiger charge is 2.23. The maximum absolute atomic E-state index is 9.58. The van der Waals surface area contributed by atoms with Gasteiger partial charge in [-0.05, 0) is 42.3 Å². The van der Waals surface area contributed by atoms with Crippen molar-refractivity contribution in [3.63, 3.8) is 0 Å². The van der Waals surface area contributed by atoms with E-state index in [1.165, 1.54) is 15.4 Å². The zero-order chi connectivity index (χ0) is 16.8. The molecular formula is C19H24Cl2N2OS. The van der Waals surface area contributed by atoms with Crippen LogP contribution < -0.4 is 5.32 Å². The summed E-state index contributed by atoms with van der Waals surface area (Å²) in [7, 11) is 0. The molecule has 136 valence electrons. The van der Waals surface area contributed by atoms with Crippen LogP contribution >= 0.6 is 35.8 Å². The van der Waals surface area contributed by atoms with Crippen LogP contribution in [0.25, 0.3) is 0 Å². The Balaban J connectivity index is 0.00000225. The molecule has 0 bridgehead atoms. The van der Waals surface area contributed by atoms with E-state index in [1.807, 2.05) is 12.1 Å². The van der Waals surface area contributed by atoms with E-state index in [1.54, 1.807) is 11.8 Å². The van der Waals surface area contributed by atoms with Crippen LogP contribution in [0.3, 0.4) is 0 Å². The maximum atomic E-state index is 9.58. The highest BCUT2D eigenvalue weighted by atomic mass is 35.5. The van der Waals surface area contributed by atoms with Crippen LogP contribution in [0, 0.1) is 0 Å². The molecule has 2 aromatic carbocycles. The lowest BCUT2D eigenvalue weighted by Gasteiger charge is -2.35. The Morgan fingerprint density at radius 3 is 2.44 bits per heavy atom. The number of hydrogen-bond acceptors (Lipinski definition) is 4. The third-order valence-corrected chi connectivity index (χ3v) is 5.67. The fourth-order valence-corrected chi connectivity index (χ4v) is 4.25. The van der Waals surface area contributed by atoms with Gasteiger partial charge in [-0.25, -0.2) is 0 Å². The second kappa shape index (κ2) is 10.4. The SMILES string of the molecule is Cl.OCC[C@@H](c1ccccc1Sc1ccc(Cl)cc1)N1CCNCC1. The monoisotopic (exact) mass is 398 g/mol. The predicted molar refractivity (Wildman–Crippen MR) is 108 cm³/mol. The molecule has 1 heterocycles. The molecule has 0 aliphatic carbocycles. The Kier molecular flexibility index (Phi) is 8.56. The Bertz CT molecular complexity index is 648. The number of benzene rings is 2. The lowest BCUT2D eigenvalue weighted by atomic mass is 10.0. The van der Waals surface area contributed by atoms with Gasteiger partial charge in [0.05, 0.1) is 0 Å². The quantitative estimate of drug-likeness (QED) is 0.762. The Morgan fingerprint density at radius 1 is 1.08 bits per heavy atom. The first-order valence-electron chi connectivity index (χ1n) is 8.36. The molecule has 1 aliphatic rings. The summed E-state index contributed by atoms with van der Waals surface area (Å²) >= 11 is 7.75. The smallest absolute Gasteiger partial charge is 0.0449 e. The first-order chi connectivity index (χ1) is 11.8. The molecule has 2 aromatic rings. The number of halogens is 2. The third kappa shape index (κ3) is 5.61. The van der Waals surface area contributed by atoms with E-state index in [4.69, 9.17) is 11.6 Å². The van der Waals surface area contributed by atoms with Gasteiger partial charge in [0, 0.05) is 53.6 Å². The topological polar surface area (TPSA) is 35.5 Å². The molecule has 0 aromatic heterocycles. The van der Waals surface area contributed by atoms with E-state index in [0.29, 0.717) is 0 Å². The predicted octanol–water partition coefficient (Wildman–Crippen LogP) is 4.24. The van der Waals surface area contributed by atoms with Crippen molar-refractivity contribution < 1.29 is 5.11 Å². The van der Waals surface area contributed by atoms with Crippen molar-refractivity contribution in [1.29, 1.82) is 0 Å². The van der Waals surface area contributed by atoms with Gasteiger partial charge < -0.3 is 10.4 Å². The third-order valence-electron chi connectivity index (χ3n) is 4.31. The molecule has 0 amide bonds. The van der Waals surface area contributed by atoms with Crippen molar-refractivity contribution in [1.82, 2.24) is 10.2 Å². The van der Waals surface area contributed by atoms with Crippen molar-refractivity contribution in [2.75, 3.05) is 32.8 Å². The average molecular weight is 399 g/mol. The summed E-state index contributed by atoms with van der Waals surface area (Å²) < 4.78 is 0. The molecule has 2 N–H and O–H groups in total. The second-order valence-corrected chi connectivity index (χ2v) is 7.46. The summed E-state index contributed by atoms with van der Waals surface area (Å²) in [4.78, 5) is 4.90. The van der Waals surface area contributed by atoms with Crippen molar-refractivity contribution in [2.45, 2.75) is 22.3 Å². The molecule has 1 saturated heterocycles. The van der Waals surface area contributed by atoms with Gasteiger partial charge in [0.2, 0.25) is 0 Å². The minimum atomic E-state index is 0. The zero-order valence-electron chi connectivity index (χ0n) is 14.0. The highest BCUT2D eigenvalue weighted by Crippen LogP contribution is 2.37. The molecular weight excluding hydrogens is 375 g/mol. The number of hydrogen-bond donors (Lipinski definition) is 2. The maximum Gasteiger partial charge on any atom is 0.0449 e. The van der Waals surface area contributed by atoms with Gasteiger partial charge in [-0.3, -0.25) is 4.90 Å². The number of piperazine rings is 1. The highest BCUT2D eigenvalue weighted by molar-refractivity contribution is 7.99. The van der Waals surface area contributed by atoms with Gasteiger partial charge in [-0.2, -0.15) is 0 Å². The standard InChI is InChI=1S/C19H23ClN2OS.ClH/c20-15-5-7-16(8-6-15)24-19-4-2-1-3-17(19)18(9-14-23)22-12-10-21-11-13-22;/h1-8,18,21,23H,9-14H2;1H/t18-;/m0./s1. The normalized spacial score (nSPS) is 16.2.